The Morgan fingerprint density at radius 2 is 1.78 bits per heavy atom. The van der Waals surface area contributed by atoms with Crippen LogP contribution < -0.4 is 0 Å². The molecule has 0 spiro atoms. The van der Waals surface area contributed by atoms with E-state index in [-0.39, 0.29) is 10.6 Å². The molecule has 0 radical (unpaired) electrons. The Balaban J connectivity index is 2.40. The lowest BCUT2D eigenvalue weighted by molar-refractivity contribution is -0.387. The van der Waals surface area contributed by atoms with Gasteiger partial charge >= 0.3 is 0 Å². The lowest BCUT2D eigenvalue weighted by Gasteiger charge is -2.07. The van der Waals surface area contributed by atoms with Gasteiger partial charge in [-0.1, -0.05) is 36.0 Å². The summed E-state index contributed by atoms with van der Waals surface area (Å²) in [5.41, 5.74) is 2.44. The molecule has 2 rings (SSSR count). The predicted octanol–water partition coefficient (Wildman–Crippen LogP) is 4.36. The molecule has 0 aromatic heterocycles. The van der Waals surface area contributed by atoms with Gasteiger partial charge in [-0.25, -0.2) is 0 Å². The maximum atomic E-state index is 11.0. The molecule has 0 N–H and O–H groups in total. The summed E-state index contributed by atoms with van der Waals surface area (Å²) in [5.74, 6) is 0. The SMILES string of the molecule is Cc1ccc(C)c(Sc2ccccc2[N+](=O)[O-])c1. The Morgan fingerprint density at radius 1 is 1.06 bits per heavy atom. The lowest BCUT2D eigenvalue weighted by Crippen LogP contribution is -1.90. The van der Waals surface area contributed by atoms with Crippen molar-refractivity contribution in [1.29, 1.82) is 0 Å². The van der Waals surface area contributed by atoms with Gasteiger partial charge in [0.15, 0.2) is 0 Å². The van der Waals surface area contributed by atoms with Crippen molar-refractivity contribution < 1.29 is 4.92 Å². The van der Waals surface area contributed by atoms with Crippen molar-refractivity contribution in [3.63, 3.8) is 0 Å². The second-order valence-corrected chi connectivity index (χ2v) is 5.18. The summed E-state index contributed by atoms with van der Waals surface area (Å²) < 4.78 is 0. The molecule has 0 unspecified atom stereocenters. The molecule has 92 valence electrons. The van der Waals surface area contributed by atoms with Gasteiger partial charge in [-0.3, -0.25) is 10.1 Å². The molecule has 4 heteroatoms. The van der Waals surface area contributed by atoms with Crippen molar-refractivity contribution in [1.82, 2.24) is 0 Å². The topological polar surface area (TPSA) is 43.1 Å². The molecular weight excluding hydrogens is 246 g/mol. The second kappa shape index (κ2) is 5.23. The second-order valence-electron chi connectivity index (χ2n) is 4.10. The Bertz CT molecular complexity index is 596. The lowest BCUT2D eigenvalue weighted by atomic mass is 10.2. The number of aryl methyl sites for hydroxylation is 2. The van der Waals surface area contributed by atoms with Crippen LogP contribution in [0.4, 0.5) is 5.69 Å². The van der Waals surface area contributed by atoms with Crippen LogP contribution in [0.3, 0.4) is 0 Å². The molecule has 0 bridgehead atoms. The summed E-state index contributed by atoms with van der Waals surface area (Å²) in [7, 11) is 0. The number of nitro benzene ring substituents is 1. The van der Waals surface area contributed by atoms with Crippen LogP contribution in [0.15, 0.2) is 52.3 Å². The Labute approximate surface area is 110 Å². The summed E-state index contributed by atoms with van der Waals surface area (Å²) in [4.78, 5) is 12.4. The van der Waals surface area contributed by atoms with Crippen molar-refractivity contribution in [2.24, 2.45) is 0 Å². The molecule has 0 saturated carbocycles. The zero-order chi connectivity index (χ0) is 13.1. The smallest absolute Gasteiger partial charge is 0.258 e. The number of hydrogen-bond acceptors (Lipinski definition) is 3. The quantitative estimate of drug-likeness (QED) is 0.607. The number of benzene rings is 2. The van der Waals surface area contributed by atoms with Crippen LogP contribution in [-0.4, -0.2) is 4.92 Å². The normalized spacial score (nSPS) is 10.3. The molecule has 2 aromatic rings. The monoisotopic (exact) mass is 259 g/mol. The molecule has 0 aliphatic heterocycles. The molecule has 2 aromatic carbocycles. The van der Waals surface area contributed by atoms with E-state index in [4.69, 9.17) is 0 Å². The highest BCUT2D eigenvalue weighted by Gasteiger charge is 2.14. The highest BCUT2D eigenvalue weighted by Crippen LogP contribution is 2.36. The van der Waals surface area contributed by atoms with Crippen LogP contribution in [0.2, 0.25) is 0 Å². The highest BCUT2D eigenvalue weighted by atomic mass is 32.2. The Hall–Kier alpha value is -1.81. The van der Waals surface area contributed by atoms with Gasteiger partial charge in [0.2, 0.25) is 0 Å². The number of nitrogens with zero attached hydrogens (tertiary/aromatic N) is 1. The molecule has 18 heavy (non-hydrogen) atoms. The number of para-hydroxylation sites is 1. The summed E-state index contributed by atoms with van der Waals surface area (Å²) in [6.45, 7) is 4.03. The first-order valence-corrected chi connectivity index (χ1v) is 6.38. The van der Waals surface area contributed by atoms with E-state index >= 15 is 0 Å². The van der Waals surface area contributed by atoms with Crippen LogP contribution in [0.5, 0.6) is 0 Å². The first kappa shape index (κ1) is 12.6. The minimum Gasteiger partial charge on any atom is -0.258 e. The fraction of sp³-hybridized carbons (Fsp3) is 0.143. The molecule has 0 amide bonds. The molecule has 0 aliphatic rings. The minimum atomic E-state index is -0.340. The first-order chi connectivity index (χ1) is 8.58. The summed E-state index contributed by atoms with van der Waals surface area (Å²) in [6.07, 6.45) is 0. The molecule has 0 saturated heterocycles. The highest BCUT2D eigenvalue weighted by molar-refractivity contribution is 7.99. The molecule has 3 nitrogen and oxygen atoms in total. The first-order valence-electron chi connectivity index (χ1n) is 5.56. The zero-order valence-electron chi connectivity index (χ0n) is 10.2. The van der Waals surface area contributed by atoms with Gasteiger partial charge in [-0.05, 0) is 37.1 Å². The third-order valence-corrected chi connectivity index (χ3v) is 3.85. The minimum absolute atomic E-state index is 0.156. The summed E-state index contributed by atoms with van der Waals surface area (Å²) >= 11 is 1.44. The van der Waals surface area contributed by atoms with E-state index < -0.39 is 0 Å². The van der Waals surface area contributed by atoms with Crippen LogP contribution in [-0.2, 0) is 0 Å². The van der Waals surface area contributed by atoms with Gasteiger partial charge in [0.25, 0.3) is 5.69 Å². The van der Waals surface area contributed by atoms with Crippen LogP contribution >= 0.6 is 11.8 Å². The van der Waals surface area contributed by atoms with Crippen LogP contribution in [0.25, 0.3) is 0 Å². The summed E-state index contributed by atoms with van der Waals surface area (Å²) in [6, 6.07) is 13.0. The third-order valence-electron chi connectivity index (χ3n) is 2.63. The van der Waals surface area contributed by atoms with Gasteiger partial charge < -0.3 is 0 Å². The van der Waals surface area contributed by atoms with Crippen molar-refractivity contribution >= 4 is 17.4 Å². The number of hydrogen-bond donors (Lipinski definition) is 0. The maximum Gasteiger partial charge on any atom is 0.283 e. The van der Waals surface area contributed by atoms with Crippen LogP contribution in [0.1, 0.15) is 11.1 Å². The summed E-state index contributed by atoms with van der Waals surface area (Å²) in [5, 5.41) is 11.0. The van der Waals surface area contributed by atoms with Crippen molar-refractivity contribution in [3.8, 4) is 0 Å². The van der Waals surface area contributed by atoms with Crippen molar-refractivity contribution in [2.45, 2.75) is 23.6 Å². The predicted molar refractivity (Wildman–Crippen MR) is 73.1 cm³/mol. The van der Waals surface area contributed by atoms with Gasteiger partial charge in [0.1, 0.15) is 0 Å². The van der Waals surface area contributed by atoms with E-state index in [1.807, 2.05) is 32.0 Å². The third kappa shape index (κ3) is 2.71. The maximum absolute atomic E-state index is 11.0. The molecule has 0 atom stereocenters. The zero-order valence-corrected chi connectivity index (χ0v) is 11.0. The fourth-order valence-electron chi connectivity index (χ4n) is 1.63. The van der Waals surface area contributed by atoms with E-state index in [9.17, 15) is 10.1 Å². The van der Waals surface area contributed by atoms with Gasteiger partial charge in [0, 0.05) is 11.0 Å². The van der Waals surface area contributed by atoms with Gasteiger partial charge in [-0.2, -0.15) is 0 Å². The van der Waals surface area contributed by atoms with E-state index in [1.54, 1.807) is 12.1 Å². The average molecular weight is 259 g/mol. The number of nitro groups is 1. The van der Waals surface area contributed by atoms with Gasteiger partial charge in [0.05, 0.1) is 9.82 Å². The largest absolute Gasteiger partial charge is 0.283 e. The van der Waals surface area contributed by atoms with Gasteiger partial charge in [-0.15, -0.1) is 0 Å². The standard InChI is InChI=1S/C14H13NO2S/c1-10-7-8-11(2)14(9-10)18-13-6-4-3-5-12(13)15(16)17/h3-9H,1-2H3. The van der Waals surface area contributed by atoms with Crippen molar-refractivity contribution in [3.05, 3.63) is 63.7 Å². The Morgan fingerprint density at radius 3 is 2.50 bits per heavy atom. The van der Waals surface area contributed by atoms with E-state index in [1.165, 1.54) is 17.8 Å². The average Bonchev–Trinajstić information content (AvgIpc) is 2.34. The van der Waals surface area contributed by atoms with E-state index in [2.05, 4.69) is 6.07 Å². The molecule has 0 heterocycles. The van der Waals surface area contributed by atoms with E-state index in [0.29, 0.717) is 4.90 Å². The van der Waals surface area contributed by atoms with Crippen molar-refractivity contribution in [2.75, 3.05) is 0 Å². The van der Waals surface area contributed by atoms with E-state index in [0.717, 1.165) is 16.0 Å². The fourth-order valence-corrected chi connectivity index (χ4v) is 2.73. The van der Waals surface area contributed by atoms with Crippen LogP contribution in [0, 0.1) is 24.0 Å². The Kier molecular flexibility index (Phi) is 3.67. The number of rotatable bonds is 3. The molecule has 0 aliphatic carbocycles. The molecule has 0 fully saturated rings. The molecular formula is C14H13NO2S.